The number of rotatable bonds is 14. The molecule has 2 amide bonds. The number of thiophene rings is 1. The van der Waals surface area contributed by atoms with Crippen molar-refractivity contribution in [2.24, 2.45) is 5.92 Å². The molecule has 2 aromatic carbocycles. The minimum absolute atomic E-state index is 0.0993. The average Bonchev–Trinajstić information content (AvgIpc) is 3.68. The largest absolute Gasteiger partial charge is 0.374 e. The molecule has 1 unspecified atom stereocenters. The standard InChI is InChI=1S/C36H47N5O3S/c1-5-28(6-2)41-33-15-14-27(20-31(33)38-34(41)21-30-13-10-18-45-30)35(42)39-32(19-25(3)4)36(43)37-22-29-24-40(16-17-44-29)23-26-11-8-7-9-12-26/h7-15,18,20,25,28-29,32H,5-6,16-17,19,21-24H2,1-4H3,(H,37,43)(H,39,42)/t29?,32-/m0/s1. The van der Waals surface area contributed by atoms with Gasteiger partial charge in [0.1, 0.15) is 11.9 Å². The van der Waals surface area contributed by atoms with Crippen LogP contribution in [-0.2, 0) is 22.5 Å². The van der Waals surface area contributed by atoms with E-state index in [-0.39, 0.29) is 23.8 Å². The van der Waals surface area contributed by atoms with Crippen LogP contribution in [0.15, 0.2) is 66.0 Å². The molecule has 240 valence electrons. The minimum Gasteiger partial charge on any atom is -0.374 e. The van der Waals surface area contributed by atoms with Gasteiger partial charge in [0.15, 0.2) is 0 Å². The molecule has 0 saturated carbocycles. The number of morpholine rings is 1. The third-order valence-corrected chi connectivity index (χ3v) is 9.43. The second-order valence-electron chi connectivity index (χ2n) is 12.4. The SMILES string of the molecule is CCC(CC)n1c(Cc2cccs2)nc2cc(C(=O)N[C@@H](CC(C)C)C(=O)NCC3CN(Cc4ccccc4)CCO3)ccc21. The first-order valence-corrected chi connectivity index (χ1v) is 17.2. The van der Waals surface area contributed by atoms with Crippen molar-refractivity contribution < 1.29 is 14.3 Å². The Bertz CT molecular complexity index is 1530. The molecule has 3 heterocycles. The lowest BCUT2D eigenvalue weighted by molar-refractivity contribution is -0.124. The van der Waals surface area contributed by atoms with Gasteiger partial charge in [-0.2, -0.15) is 0 Å². The van der Waals surface area contributed by atoms with Crippen molar-refractivity contribution in [3.05, 3.63) is 87.9 Å². The van der Waals surface area contributed by atoms with E-state index in [4.69, 9.17) is 9.72 Å². The lowest BCUT2D eigenvalue weighted by atomic mass is 10.0. The molecule has 1 saturated heterocycles. The van der Waals surface area contributed by atoms with Gasteiger partial charge in [-0.3, -0.25) is 14.5 Å². The first-order chi connectivity index (χ1) is 21.8. The van der Waals surface area contributed by atoms with Gasteiger partial charge in [-0.1, -0.05) is 64.1 Å². The van der Waals surface area contributed by atoms with Crippen LogP contribution in [0.3, 0.4) is 0 Å². The zero-order valence-electron chi connectivity index (χ0n) is 27.0. The monoisotopic (exact) mass is 629 g/mol. The third kappa shape index (κ3) is 8.60. The fraction of sp³-hybridized carbons (Fsp3) is 0.472. The van der Waals surface area contributed by atoms with Crippen molar-refractivity contribution in [3.8, 4) is 0 Å². The Morgan fingerprint density at radius 1 is 1.07 bits per heavy atom. The fourth-order valence-corrected chi connectivity index (χ4v) is 6.92. The number of carbonyl (C=O) groups is 2. The predicted octanol–water partition coefficient (Wildman–Crippen LogP) is 6.21. The van der Waals surface area contributed by atoms with Gasteiger partial charge in [0.25, 0.3) is 5.91 Å². The van der Waals surface area contributed by atoms with E-state index in [0.29, 0.717) is 31.2 Å². The Morgan fingerprint density at radius 3 is 2.58 bits per heavy atom. The van der Waals surface area contributed by atoms with Crippen LogP contribution >= 0.6 is 11.3 Å². The second-order valence-corrected chi connectivity index (χ2v) is 13.5. The summed E-state index contributed by atoms with van der Waals surface area (Å²) >= 11 is 1.73. The molecule has 1 aliphatic heterocycles. The van der Waals surface area contributed by atoms with Crippen LogP contribution in [0.2, 0.25) is 0 Å². The highest BCUT2D eigenvalue weighted by Crippen LogP contribution is 2.28. The quantitative estimate of drug-likeness (QED) is 0.173. The zero-order valence-corrected chi connectivity index (χ0v) is 27.8. The van der Waals surface area contributed by atoms with E-state index in [9.17, 15) is 9.59 Å². The summed E-state index contributed by atoms with van der Waals surface area (Å²) in [4.78, 5) is 35.6. The topological polar surface area (TPSA) is 88.5 Å². The highest BCUT2D eigenvalue weighted by Gasteiger charge is 2.26. The summed E-state index contributed by atoms with van der Waals surface area (Å²) in [5.74, 6) is 0.796. The molecule has 2 aromatic heterocycles. The van der Waals surface area contributed by atoms with Gasteiger partial charge in [0.2, 0.25) is 5.91 Å². The molecule has 45 heavy (non-hydrogen) atoms. The van der Waals surface area contributed by atoms with E-state index in [1.165, 1.54) is 10.4 Å². The molecular weight excluding hydrogens is 582 g/mol. The number of benzene rings is 2. The summed E-state index contributed by atoms with van der Waals surface area (Å²) < 4.78 is 8.32. The number of nitrogens with one attached hydrogen (secondary N) is 2. The molecule has 8 nitrogen and oxygen atoms in total. The summed E-state index contributed by atoms with van der Waals surface area (Å²) in [5.41, 5.74) is 3.62. The number of amides is 2. The molecule has 5 rings (SSSR count). The van der Waals surface area contributed by atoms with Crippen LogP contribution in [0, 0.1) is 5.92 Å². The van der Waals surface area contributed by atoms with E-state index in [1.807, 2.05) is 24.3 Å². The molecule has 9 heteroatoms. The highest BCUT2D eigenvalue weighted by molar-refractivity contribution is 7.09. The number of hydrogen-bond acceptors (Lipinski definition) is 6. The van der Waals surface area contributed by atoms with E-state index < -0.39 is 6.04 Å². The van der Waals surface area contributed by atoms with Gasteiger partial charge in [-0.05, 0) is 60.4 Å². The maximum Gasteiger partial charge on any atom is 0.252 e. The number of nitrogens with zero attached hydrogens (tertiary/aromatic N) is 3. The Balaban J connectivity index is 1.25. The first kappa shape index (κ1) is 32.9. The molecule has 0 aliphatic carbocycles. The lowest BCUT2D eigenvalue weighted by Gasteiger charge is -2.33. The first-order valence-electron chi connectivity index (χ1n) is 16.3. The van der Waals surface area contributed by atoms with Crippen LogP contribution in [0.5, 0.6) is 0 Å². The fourth-order valence-electron chi connectivity index (χ4n) is 6.22. The van der Waals surface area contributed by atoms with Gasteiger partial charge >= 0.3 is 0 Å². The molecule has 0 bridgehead atoms. The molecule has 1 aliphatic rings. The molecule has 2 N–H and O–H groups in total. The van der Waals surface area contributed by atoms with Crippen molar-refractivity contribution in [1.29, 1.82) is 0 Å². The van der Waals surface area contributed by atoms with Gasteiger partial charge in [0.05, 0.1) is 23.7 Å². The van der Waals surface area contributed by atoms with Crippen molar-refractivity contribution in [2.45, 2.75) is 78.1 Å². The number of hydrogen-bond donors (Lipinski definition) is 2. The van der Waals surface area contributed by atoms with Crippen molar-refractivity contribution in [2.75, 3.05) is 26.2 Å². The molecule has 0 radical (unpaired) electrons. The normalized spacial score (nSPS) is 16.4. The Hall–Kier alpha value is -3.53. The van der Waals surface area contributed by atoms with Gasteiger partial charge in [-0.25, -0.2) is 4.98 Å². The number of fused-ring (bicyclic) bond motifs is 1. The van der Waals surface area contributed by atoms with Crippen molar-refractivity contribution in [1.82, 2.24) is 25.1 Å². The van der Waals surface area contributed by atoms with Crippen LogP contribution in [0.1, 0.15) is 79.6 Å². The Labute approximate surface area is 271 Å². The summed E-state index contributed by atoms with van der Waals surface area (Å²) in [5, 5.41) is 8.18. The van der Waals surface area contributed by atoms with Crippen LogP contribution in [-0.4, -0.2) is 64.7 Å². The number of imidazole rings is 1. The lowest BCUT2D eigenvalue weighted by Crippen LogP contribution is -2.52. The summed E-state index contributed by atoms with van der Waals surface area (Å²) in [6, 6.07) is 20.0. The van der Waals surface area contributed by atoms with E-state index in [0.717, 1.165) is 55.8 Å². The number of aromatic nitrogens is 2. The molecule has 0 spiro atoms. The van der Waals surface area contributed by atoms with E-state index in [2.05, 4.69) is 89.6 Å². The number of carbonyl (C=O) groups excluding carboxylic acids is 2. The number of ether oxygens (including phenoxy) is 1. The summed E-state index contributed by atoms with van der Waals surface area (Å²) in [7, 11) is 0. The third-order valence-electron chi connectivity index (χ3n) is 8.55. The van der Waals surface area contributed by atoms with E-state index >= 15 is 0 Å². The van der Waals surface area contributed by atoms with Crippen molar-refractivity contribution >= 4 is 34.2 Å². The van der Waals surface area contributed by atoms with Crippen molar-refractivity contribution in [3.63, 3.8) is 0 Å². The van der Waals surface area contributed by atoms with Crippen LogP contribution in [0.25, 0.3) is 11.0 Å². The van der Waals surface area contributed by atoms with Gasteiger partial charge < -0.3 is 19.9 Å². The second kappa shape index (κ2) is 15.7. The zero-order chi connectivity index (χ0) is 31.8. The molecule has 1 fully saturated rings. The minimum atomic E-state index is -0.645. The van der Waals surface area contributed by atoms with E-state index in [1.54, 1.807) is 11.3 Å². The molecule has 2 atom stereocenters. The Morgan fingerprint density at radius 2 is 1.87 bits per heavy atom. The molecule has 4 aromatic rings. The smallest absolute Gasteiger partial charge is 0.252 e. The van der Waals surface area contributed by atoms with Gasteiger partial charge in [0, 0.05) is 49.1 Å². The average molecular weight is 630 g/mol. The highest BCUT2D eigenvalue weighted by atomic mass is 32.1. The summed E-state index contributed by atoms with van der Waals surface area (Å²) in [6.07, 6.45) is 3.21. The Kier molecular flexibility index (Phi) is 11.4. The molecular formula is C36H47N5O3S. The maximum absolute atomic E-state index is 13.5. The van der Waals surface area contributed by atoms with Crippen LogP contribution in [0.4, 0.5) is 0 Å². The van der Waals surface area contributed by atoms with Gasteiger partial charge in [-0.15, -0.1) is 11.3 Å². The summed E-state index contributed by atoms with van der Waals surface area (Å²) in [6.45, 7) is 12.0. The van der Waals surface area contributed by atoms with Crippen LogP contribution < -0.4 is 10.6 Å². The predicted molar refractivity (Wildman–Crippen MR) is 182 cm³/mol. The maximum atomic E-state index is 13.5.